The summed E-state index contributed by atoms with van der Waals surface area (Å²) in [4.78, 5) is 13.8. The minimum atomic E-state index is -0.0566. The fourth-order valence-corrected chi connectivity index (χ4v) is 2.39. The van der Waals surface area contributed by atoms with E-state index in [4.69, 9.17) is 4.74 Å². The molecular weight excluding hydrogens is 178 g/mol. The van der Waals surface area contributed by atoms with Crippen molar-refractivity contribution in [1.82, 2.24) is 4.90 Å². The number of rotatable bonds is 2. The van der Waals surface area contributed by atoms with Crippen molar-refractivity contribution in [2.24, 2.45) is 5.92 Å². The molecule has 3 heteroatoms. The number of carbonyl (C=O) groups excluding carboxylic acids is 1. The summed E-state index contributed by atoms with van der Waals surface area (Å²) in [6.45, 7) is 4.32. The number of esters is 1. The Balaban J connectivity index is 2.63. The molecule has 1 heterocycles. The van der Waals surface area contributed by atoms with Gasteiger partial charge in [0.2, 0.25) is 0 Å². The predicted octanol–water partition coefficient (Wildman–Crippen LogP) is 1.67. The van der Waals surface area contributed by atoms with Gasteiger partial charge in [0.1, 0.15) is 0 Å². The van der Waals surface area contributed by atoms with Gasteiger partial charge in [-0.25, -0.2) is 0 Å². The molecule has 1 saturated heterocycles. The first-order chi connectivity index (χ1) is 6.61. The molecular formula is C11H21NO2. The van der Waals surface area contributed by atoms with E-state index in [0.29, 0.717) is 12.1 Å². The zero-order chi connectivity index (χ0) is 10.7. The molecule has 14 heavy (non-hydrogen) atoms. The highest BCUT2D eigenvalue weighted by molar-refractivity contribution is 5.73. The van der Waals surface area contributed by atoms with Crippen LogP contribution in [0.15, 0.2) is 0 Å². The third kappa shape index (κ3) is 2.08. The van der Waals surface area contributed by atoms with Crippen molar-refractivity contribution >= 4 is 5.97 Å². The van der Waals surface area contributed by atoms with Crippen molar-refractivity contribution in [3.05, 3.63) is 0 Å². The molecule has 1 aliphatic rings. The van der Waals surface area contributed by atoms with Crippen LogP contribution in [0.2, 0.25) is 0 Å². The van der Waals surface area contributed by atoms with Crippen molar-refractivity contribution in [3.63, 3.8) is 0 Å². The Kier molecular flexibility index (Phi) is 3.93. The van der Waals surface area contributed by atoms with Gasteiger partial charge in [0, 0.05) is 12.1 Å². The lowest BCUT2D eigenvalue weighted by Crippen LogP contribution is -2.49. The highest BCUT2D eigenvalue weighted by atomic mass is 16.5. The Morgan fingerprint density at radius 3 is 2.64 bits per heavy atom. The van der Waals surface area contributed by atoms with Gasteiger partial charge < -0.3 is 4.74 Å². The molecule has 1 aliphatic heterocycles. The zero-order valence-corrected chi connectivity index (χ0v) is 9.62. The summed E-state index contributed by atoms with van der Waals surface area (Å²) >= 11 is 0. The second-order valence-corrected chi connectivity index (χ2v) is 4.18. The number of nitrogens with zero attached hydrogens (tertiary/aromatic N) is 1. The van der Waals surface area contributed by atoms with Gasteiger partial charge in [0.25, 0.3) is 0 Å². The van der Waals surface area contributed by atoms with Crippen molar-refractivity contribution in [2.75, 3.05) is 14.2 Å². The average molecular weight is 199 g/mol. The van der Waals surface area contributed by atoms with E-state index in [-0.39, 0.29) is 11.9 Å². The molecule has 0 aromatic carbocycles. The molecule has 0 amide bonds. The number of likely N-dealkylation sites (tertiary alicyclic amines) is 1. The van der Waals surface area contributed by atoms with Crippen molar-refractivity contribution in [3.8, 4) is 0 Å². The van der Waals surface area contributed by atoms with Crippen LogP contribution < -0.4 is 0 Å². The number of ether oxygens (including phenoxy) is 1. The molecule has 2 unspecified atom stereocenters. The van der Waals surface area contributed by atoms with E-state index in [0.717, 1.165) is 19.3 Å². The fourth-order valence-electron chi connectivity index (χ4n) is 2.39. The van der Waals surface area contributed by atoms with Crippen LogP contribution in [0.5, 0.6) is 0 Å². The quantitative estimate of drug-likeness (QED) is 0.634. The van der Waals surface area contributed by atoms with E-state index in [9.17, 15) is 4.79 Å². The highest BCUT2D eigenvalue weighted by Gasteiger charge is 2.35. The summed E-state index contributed by atoms with van der Waals surface area (Å²) in [5.41, 5.74) is 0. The molecule has 3 atom stereocenters. The standard InChI is InChI=1S/C11H21NO2/c1-5-9-6-7-10(11(13)14-4)8(2)12(9)3/h8-10H,5-7H2,1-4H3/t8?,9?,10-/m0/s1. The number of carbonyl (C=O) groups is 1. The molecule has 1 rings (SSSR count). The Bertz CT molecular complexity index is 205. The third-order valence-electron chi connectivity index (χ3n) is 3.59. The van der Waals surface area contributed by atoms with Gasteiger partial charge in [0.15, 0.2) is 0 Å². The van der Waals surface area contributed by atoms with Crippen LogP contribution in [0.25, 0.3) is 0 Å². The van der Waals surface area contributed by atoms with Crippen molar-refractivity contribution in [2.45, 2.75) is 45.2 Å². The lowest BCUT2D eigenvalue weighted by molar-refractivity contribution is -0.150. The first-order valence-electron chi connectivity index (χ1n) is 5.41. The number of methoxy groups -OCH3 is 1. The van der Waals surface area contributed by atoms with E-state index in [1.54, 1.807) is 0 Å². The number of piperidine rings is 1. The monoisotopic (exact) mass is 199 g/mol. The third-order valence-corrected chi connectivity index (χ3v) is 3.59. The summed E-state index contributed by atoms with van der Waals surface area (Å²) in [5.74, 6) is 0.00621. The Morgan fingerprint density at radius 1 is 1.50 bits per heavy atom. The minimum absolute atomic E-state index is 0.0566. The van der Waals surface area contributed by atoms with Crippen LogP contribution in [0, 0.1) is 5.92 Å². The maximum atomic E-state index is 11.5. The Hall–Kier alpha value is -0.570. The van der Waals surface area contributed by atoms with Crippen LogP contribution in [0.4, 0.5) is 0 Å². The van der Waals surface area contributed by atoms with E-state index >= 15 is 0 Å². The van der Waals surface area contributed by atoms with Gasteiger partial charge in [-0.2, -0.15) is 0 Å². The fraction of sp³-hybridized carbons (Fsp3) is 0.909. The molecule has 0 bridgehead atoms. The molecule has 0 aromatic rings. The second kappa shape index (κ2) is 4.78. The van der Waals surface area contributed by atoms with E-state index in [1.165, 1.54) is 7.11 Å². The molecule has 0 aromatic heterocycles. The molecule has 3 nitrogen and oxygen atoms in total. The first kappa shape index (κ1) is 11.5. The summed E-state index contributed by atoms with van der Waals surface area (Å²) in [5, 5.41) is 0. The largest absolute Gasteiger partial charge is 0.469 e. The van der Waals surface area contributed by atoms with Crippen LogP contribution >= 0.6 is 0 Å². The molecule has 0 radical (unpaired) electrons. The predicted molar refractivity (Wildman–Crippen MR) is 56.0 cm³/mol. The molecule has 0 saturated carbocycles. The smallest absolute Gasteiger partial charge is 0.310 e. The summed E-state index contributed by atoms with van der Waals surface area (Å²) in [7, 11) is 3.58. The number of hydrogen-bond acceptors (Lipinski definition) is 3. The Morgan fingerprint density at radius 2 is 2.14 bits per heavy atom. The average Bonchev–Trinajstić information content (AvgIpc) is 2.21. The van der Waals surface area contributed by atoms with Crippen LogP contribution in [0.1, 0.15) is 33.1 Å². The van der Waals surface area contributed by atoms with Crippen molar-refractivity contribution in [1.29, 1.82) is 0 Å². The molecule has 0 aliphatic carbocycles. The van der Waals surface area contributed by atoms with Gasteiger partial charge >= 0.3 is 5.97 Å². The minimum Gasteiger partial charge on any atom is -0.469 e. The van der Waals surface area contributed by atoms with Gasteiger partial charge in [-0.3, -0.25) is 9.69 Å². The molecule has 82 valence electrons. The lowest BCUT2D eigenvalue weighted by atomic mass is 9.86. The van der Waals surface area contributed by atoms with Crippen LogP contribution in [-0.2, 0) is 9.53 Å². The van der Waals surface area contributed by atoms with Crippen LogP contribution in [0.3, 0.4) is 0 Å². The maximum Gasteiger partial charge on any atom is 0.310 e. The molecule has 1 fully saturated rings. The molecule has 0 spiro atoms. The maximum absolute atomic E-state index is 11.5. The van der Waals surface area contributed by atoms with Gasteiger partial charge in [-0.1, -0.05) is 6.92 Å². The van der Waals surface area contributed by atoms with E-state index in [1.807, 2.05) is 0 Å². The highest BCUT2D eigenvalue weighted by Crippen LogP contribution is 2.28. The molecule has 0 N–H and O–H groups in total. The van der Waals surface area contributed by atoms with E-state index in [2.05, 4.69) is 25.8 Å². The van der Waals surface area contributed by atoms with Crippen molar-refractivity contribution < 1.29 is 9.53 Å². The SMILES string of the molecule is CCC1CC[C@H](C(=O)OC)C(C)N1C. The number of hydrogen-bond donors (Lipinski definition) is 0. The second-order valence-electron chi connectivity index (χ2n) is 4.18. The Labute approximate surface area is 86.4 Å². The lowest BCUT2D eigenvalue weighted by Gasteiger charge is -2.41. The topological polar surface area (TPSA) is 29.5 Å². The normalized spacial score (nSPS) is 34.1. The summed E-state index contributed by atoms with van der Waals surface area (Å²) < 4.78 is 4.81. The first-order valence-corrected chi connectivity index (χ1v) is 5.41. The van der Waals surface area contributed by atoms with Gasteiger partial charge in [-0.15, -0.1) is 0 Å². The summed E-state index contributed by atoms with van der Waals surface area (Å²) in [6, 6.07) is 0.937. The van der Waals surface area contributed by atoms with E-state index < -0.39 is 0 Å². The van der Waals surface area contributed by atoms with Crippen LogP contribution in [-0.4, -0.2) is 37.1 Å². The summed E-state index contributed by atoms with van der Waals surface area (Å²) in [6.07, 6.45) is 3.24. The zero-order valence-electron chi connectivity index (χ0n) is 9.62. The van der Waals surface area contributed by atoms with Gasteiger partial charge in [0.05, 0.1) is 13.0 Å². The van der Waals surface area contributed by atoms with Gasteiger partial charge in [-0.05, 0) is 33.2 Å².